The van der Waals surface area contributed by atoms with E-state index in [-0.39, 0.29) is 24.0 Å². The number of aliphatic imine (C=N–C) groups is 1. The second-order valence-corrected chi connectivity index (χ2v) is 4.08. The van der Waals surface area contributed by atoms with Crippen LogP contribution in [0.3, 0.4) is 0 Å². The average Bonchev–Trinajstić information content (AvgIpc) is 2.43. The summed E-state index contributed by atoms with van der Waals surface area (Å²) in [5, 5.41) is 6.30. The van der Waals surface area contributed by atoms with Gasteiger partial charge in [-0.15, -0.1) is 24.0 Å². The highest BCUT2D eigenvalue weighted by Gasteiger charge is 1.97. The SMILES string of the molecule is CN=C(NCCOC)NCCOc1ccc(C)cc1.I. The molecule has 0 aliphatic carbocycles. The van der Waals surface area contributed by atoms with Crippen molar-refractivity contribution in [1.29, 1.82) is 0 Å². The molecule has 1 aromatic carbocycles. The van der Waals surface area contributed by atoms with Crippen molar-refractivity contribution in [3.8, 4) is 5.75 Å². The summed E-state index contributed by atoms with van der Waals surface area (Å²) >= 11 is 0. The molecule has 0 unspecified atom stereocenters. The number of methoxy groups -OCH3 is 1. The lowest BCUT2D eigenvalue weighted by molar-refractivity contribution is 0.203. The first-order valence-electron chi connectivity index (χ1n) is 6.39. The standard InChI is InChI=1S/C14H23N3O2.HI/c1-12-4-6-13(7-5-12)19-11-9-17-14(15-2)16-8-10-18-3;/h4-7H,8-11H2,1-3H3,(H2,15,16,17);1H. The van der Waals surface area contributed by atoms with E-state index >= 15 is 0 Å². The van der Waals surface area contributed by atoms with Gasteiger partial charge in [-0.05, 0) is 19.1 Å². The Hall–Kier alpha value is -1.02. The summed E-state index contributed by atoms with van der Waals surface area (Å²) < 4.78 is 10.6. The number of ether oxygens (including phenoxy) is 2. The molecule has 0 amide bonds. The number of nitrogens with one attached hydrogen (secondary N) is 2. The van der Waals surface area contributed by atoms with Gasteiger partial charge in [0.25, 0.3) is 0 Å². The van der Waals surface area contributed by atoms with Crippen molar-refractivity contribution >= 4 is 29.9 Å². The van der Waals surface area contributed by atoms with Gasteiger partial charge in [0, 0.05) is 20.7 Å². The molecular weight excluding hydrogens is 369 g/mol. The zero-order valence-electron chi connectivity index (χ0n) is 12.3. The van der Waals surface area contributed by atoms with Gasteiger partial charge >= 0.3 is 0 Å². The molecule has 0 aliphatic rings. The predicted octanol–water partition coefficient (Wildman–Crippen LogP) is 1.80. The third-order valence-corrected chi connectivity index (χ3v) is 2.51. The maximum Gasteiger partial charge on any atom is 0.191 e. The highest BCUT2D eigenvalue weighted by molar-refractivity contribution is 14.0. The maximum absolute atomic E-state index is 5.61. The van der Waals surface area contributed by atoms with Crippen LogP contribution in [0.25, 0.3) is 0 Å². The molecule has 5 nitrogen and oxygen atoms in total. The van der Waals surface area contributed by atoms with Crippen LogP contribution in [0.15, 0.2) is 29.3 Å². The van der Waals surface area contributed by atoms with E-state index in [0.29, 0.717) is 19.8 Å². The topological polar surface area (TPSA) is 54.9 Å². The fourth-order valence-corrected chi connectivity index (χ4v) is 1.46. The number of halogens is 1. The number of hydrogen-bond acceptors (Lipinski definition) is 3. The van der Waals surface area contributed by atoms with E-state index in [9.17, 15) is 0 Å². The largest absolute Gasteiger partial charge is 0.492 e. The molecule has 2 N–H and O–H groups in total. The third-order valence-electron chi connectivity index (χ3n) is 2.51. The molecule has 0 fully saturated rings. The molecule has 0 aromatic heterocycles. The van der Waals surface area contributed by atoms with Crippen molar-refractivity contribution in [2.45, 2.75) is 6.92 Å². The van der Waals surface area contributed by atoms with Crippen LogP contribution in [0, 0.1) is 6.92 Å². The first-order valence-corrected chi connectivity index (χ1v) is 6.39. The molecule has 0 saturated carbocycles. The summed E-state index contributed by atoms with van der Waals surface area (Å²) in [6, 6.07) is 8.02. The second-order valence-electron chi connectivity index (χ2n) is 4.08. The third kappa shape index (κ3) is 8.21. The minimum atomic E-state index is 0. The first-order chi connectivity index (χ1) is 9.26. The van der Waals surface area contributed by atoms with E-state index in [1.54, 1.807) is 14.2 Å². The van der Waals surface area contributed by atoms with Gasteiger partial charge in [0.05, 0.1) is 13.2 Å². The van der Waals surface area contributed by atoms with Gasteiger partial charge in [-0.1, -0.05) is 17.7 Å². The molecule has 20 heavy (non-hydrogen) atoms. The minimum absolute atomic E-state index is 0. The molecule has 0 atom stereocenters. The summed E-state index contributed by atoms with van der Waals surface area (Å²) in [6.45, 7) is 4.73. The van der Waals surface area contributed by atoms with Crippen LogP contribution < -0.4 is 15.4 Å². The monoisotopic (exact) mass is 393 g/mol. The quantitative estimate of drug-likeness (QED) is 0.321. The molecule has 6 heteroatoms. The normalized spacial score (nSPS) is 10.7. The fourth-order valence-electron chi connectivity index (χ4n) is 1.46. The van der Waals surface area contributed by atoms with Crippen LogP contribution in [0.2, 0.25) is 0 Å². The van der Waals surface area contributed by atoms with E-state index in [1.807, 2.05) is 24.3 Å². The molecule has 0 heterocycles. The lowest BCUT2D eigenvalue weighted by Crippen LogP contribution is -2.40. The van der Waals surface area contributed by atoms with Crippen molar-refractivity contribution < 1.29 is 9.47 Å². The van der Waals surface area contributed by atoms with Crippen molar-refractivity contribution in [2.24, 2.45) is 4.99 Å². The number of aryl methyl sites for hydroxylation is 1. The van der Waals surface area contributed by atoms with Crippen LogP contribution in [0.1, 0.15) is 5.56 Å². The van der Waals surface area contributed by atoms with Crippen LogP contribution in [-0.4, -0.2) is 46.4 Å². The smallest absolute Gasteiger partial charge is 0.191 e. The lowest BCUT2D eigenvalue weighted by Gasteiger charge is -2.12. The van der Waals surface area contributed by atoms with Crippen molar-refractivity contribution in [2.75, 3.05) is 40.5 Å². The van der Waals surface area contributed by atoms with E-state index in [4.69, 9.17) is 9.47 Å². The predicted molar refractivity (Wildman–Crippen MR) is 93.3 cm³/mol. The zero-order valence-corrected chi connectivity index (χ0v) is 14.6. The van der Waals surface area contributed by atoms with Crippen molar-refractivity contribution in [1.82, 2.24) is 10.6 Å². The number of rotatable bonds is 7. The van der Waals surface area contributed by atoms with E-state index in [1.165, 1.54) is 5.56 Å². The number of guanidine groups is 1. The van der Waals surface area contributed by atoms with Crippen LogP contribution in [-0.2, 0) is 4.74 Å². The Balaban J connectivity index is 0.00000361. The highest BCUT2D eigenvalue weighted by atomic mass is 127. The fraction of sp³-hybridized carbons (Fsp3) is 0.500. The van der Waals surface area contributed by atoms with Gasteiger partial charge in [0.2, 0.25) is 0 Å². The molecular formula is C14H24IN3O2. The van der Waals surface area contributed by atoms with Crippen LogP contribution in [0.4, 0.5) is 0 Å². The Morgan fingerprint density at radius 1 is 1.10 bits per heavy atom. The summed E-state index contributed by atoms with van der Waals surface area (Å²) in [6.07, 6.45) is 0. The van der Waals surface area contributed by atoms with Crippen LogP contribution >= 0.6 is 24.0 Å². The molecule has 114 valence electrons. The summed E-state index contributed by atoms with van der Waals surface area (Å²) in [4.78, 5) is 4.10. The second kappa shape index (κ2) is 11.8. The van der Waals surface area contributed by atoms with Gasteiger partial charge in [0.1, 0.15) is 12.4 Å². The number of benzene rings is 1. The Morgan fingerprint density at radius 2 is 1.70 bits per heavy atom. The van der Waals surface area contributed by atoms with E-state index in [2.05, 4.69) is 22.5 Å². The zero-order chi connectivity index (χ0) is 13.9. The number of nitrogens with zero attached hydrogens (tertiary/aromatic N) is 1. The Kier molecular flexibility index (Phi) is 11.2. The summed E-state index contributed by atoms with van der Waals surface area (Å²) in [7, 11) is 3.41. The van der Waals surface area contributed by atoms with Gasteiger partial charge < -0.3 is 20.1 Å². The Labute approximate surface area is 138 Å². The molecule has 0 spiro atoms. The molecule has 0 bridgehead atoms. The van der Waals surface area contributed by atoms with Crippen LogP contribution in [0.5, 0.6) is 5.75 Å². The van der Waals surface area contributed by atoms with Crippen molar-refractivity contribution in [3.05, 3.63) is 29.8 Å². The molecule has 0 saturated heterocycles. The van der Waals surface area contributed by atoms with E-state index in [0.717, 1.165) is 18.3 Å². The molecule has 0 aliphatic heterocycles. The summed E-state index contributed by atoms with van der Waals surface area (Å²) in [5.74, 6) is 1.64. The molecule has 1 rings (SSSR count). The average molecular weight is 393 g/mol. The van der Waals surface area contributed by atoms with Gasteiger partial charge in [0.15, 0.2) is 5.96 Å². The maximum atomic E-state index is 5.61. The molecule has 1 aromatic rings. The minimum Gasteiger partial charge on any atom is -0.492 e. The Morgan fingerprint density at radius 3 is 2.25 bits per heavy atom. The Bertz CT molecular complexity index is 383. The van der Waals surface area contributed by atoms with Gasteiger partial charge in [-0.3, -0.25) is 4.99 Å². The van der Waals surface area contributed by atoms with E-state index < -0.39 is 0 Å². The highest BCUT2D eigenvalue weighted by Crippen LogP contribution is 2.10. The summed E-state index contributed by atoms with van der Waals surface area (Å²) in [5.41, 5.74) is 1.23. The first kappa shape index (κ1) is 19.0. The molecule has 0 radical (unpaired) electrons. The number of hydrogen-bond donors (Lipinski definition) is 2. The van der Waals surface area contributed by atoms with Crippen molar-refractivity contribution in [3.63, 3.8) is 0 Å². The lowest BCUT2D eigenvalue weighted by atomic mass is 10.2. The van der Waals surface area contributed by atoms with Gasteiger partial charge in [-0.2, -0.15) is 0 Å². The van der Waals surface area contributed by atoms with Gasteiger partial charge in [-0.25, -0.2) is 0 Å².